The number of rotatable bonds is 5. The van der Waals surface area contributed by atoms with Crippen LogP contribution in [0.2, 0.25) is 0 Å². The molecule has 3 N–H and O–H groups in total. The maximum absolute atomic E-state index is 13.4. The minimum Gasteiger partial charge on any atom is -0.335 e. The van der Waals surface area contributed by atoms with Gasteiger partial charge in [-0.1, -0.05) is 37.5 Å². The molecular weight excluding hydrogens is 338 g/mol. The summed E-state index contributed by atoms with van der Waals surface area (Å²) in [6.07, 6.45) is 9.48. The summed E-state index contributed by atoms with van der Waals surface area (Å²) < 4.78 is 0. The second kappa shape index (κ2) is 9.36. The number of hydrogen-bond donors (Lipinski definition) is 2. The number of carbonyl (C=O) groups excluding carboxylic acids is 2. The Morgan fingerprint density at radius 3 is 2.37 bits per heavy atom. The fourth-order valence-corrected chi connectivity index (χ4v) is 4.54. The first-order valence-corrected chi connectivity index (χ1v) is 10.5. The van der Waals surface area contributed by atoms with Gasteiger partial charge in [0.2, 0.25) is 11.8 Å². The molecule has 27 heavy (non-hydrogen) atoms. The summed E-state index contributed by atoms with van der Waals surface area (Å²) in [5.41, 5.74) is 7.91. The number of hydrogen-bond acceptors (Lipinski definition) is 3. The fraction of sp³-hybridized carbons (Fsp3) is 0.636. The number of para-hydroxylation sites is 1. The molecule has 1 aromatic carbocycles. The van der Waals surface area contributed by atoms with E-state index in [2.05, 4.69) is 10.2 Å². The molecule has 5 nitrogen and oxygen atoms in total. The first-order valence-electron chi connectivity index (χ1n) is 10.5. The summed E-state index contributed by atoms with van der Waals surface area (Å²) in [4.78, 5) is 27.1. The highest BCUT2D eigenvalue weighted by Crippen LogP contribution is 2.31. The molecule has 0 aromatic heterocycles. The quantitative estimate of drug-likeness (QED) is 0.826. The van der Waals surface area contributed by atoms with Gasteiger partial charge >= 0.3 is 0 Å². The van der Waals surface area contributed by atoms with Crippen LogP contribution in [-0.2, 0) is 16.1 Å². The fourth-order valence-electron chi connectivity index (χ4n) is 4.54. The molecule has 3 rings (SSSR count). The van der Waals surface area contributed by atoms with Crippen LogP contribution >= 0.6 is 0 Å². The van der Waals surface area contributed by atoms with E-state index in [9.17, 15) is 9.59 Å². The Morgan fingerprint density at radius 1 is 1.04 bits per heavy atom. The number of carbonyl (C=O) groups is 2. The standard InChI is InChI=1S/C22H33N3O2/c1-16(26)24-21-10-6-5-9-18(21)15-25(20-13-11-19(23)12-14-20)22(27)17-7-3-2-4-8-17/h5-6,9-10,17,19-20H,2-4,7-8,11-15,23H2,1H3,(H,24,26). The van der Waals surface area contributed by atoms with Gasteiger partial charge in [0.05, 0.1) is 0 Å². The topological polar surface area (TPSA) is 75.4 Å². The van der Waals surface area contributed by atoms with Crippen LogP contribution in [0, 0.1) is 5.92 Å². The number of anilines is 1. The molecular formula is C22H33N3O2. The van der Waals surface area contributed by atoms with E-state index in [1.165, 1.54) is 13.3 Å². The van der Waals surface area contributed by atoms with Gasteiger partial charge in [-0.2, -0.15) is 0 Å². The van der Waals surface area contributed by atoms with Gasteiger partial charge in [0, 0.05) is 37.2 Å². The van der Waals surface area contributed by atoms with E-state index in [1.54, 1.807) is 0 Å². The summed E-state index contributed by atoms with van der Waals surface area (Å²) in [5.74, 6) is 0.367. The number of benzene rings is 1. The highest BCUT2D eigenvalue weighted by molar-refractivity contribution is 5.89. The molecule has 2 fully saturated rings. The van der Waals surface area contributed by atoms with Crippen molar-refractivity contribution >= 4 is 17.5 Å². The minimum absolute atomic E-state index is 0.0868. The monoisotopic (exact) mass is 371 g/mol. The molecule has 148 valence electrons. The number of nitrogens with zero attached hydrogens (tertiary/aromatic N) is 1. The molecule has 0 heterocycles. The van der Waals surface area contributed by atoms with Crippen molar-refractivity contribution < 1.29 is 9.59 Å². The molecule has 2 saturated carbocycles. The third-order valence-corrected chi connectivity index (χ3v) is 6.09. The van der Waals surface area contributed by atoms with Gasteiger partial charge in [-0.3, -0.25) is 9.59 Å². The van der Waals surface area contributed by atoms with Crippen molar-refractivity contribution in [3.05, 3.63) is 29.8 Å². The second-order valence-corrected chi connectivity index (χ2v) is 8.21. The molecule has 0 saturated heterocycles. The lowest BCUT2D eigenvalue weighted by Crippen LogP contribution is -2.46. The normalized spacial score (nSPS) is 23.6. The van der Waals surface area contributed by atoms with E-state index < -0.39 is 0 Å². The van der Waals surface area contributed by atoms with Crippen molar-refractivity contribution in [2.75, 3.05) is 5.32 Å². The summed E-state index contributed by atoms with van der Waals surface area (Å²) in [6.45, 7) is 2.08. The van der Waals surface area contributed by atoms with Gasteiger partial charge in [0.25, 0.3) is 0 Å². The molecule has 0 unspecified atom stereocenters. The molecule has 2 aliphatic carbocycles. The smallest absolute Gasteiger partial charge is 0.226 e. The Morgan fingerprint density at radius 2 is 1.70 bits per heavy atom. The predicted molar refractivity (Wildman–Crippen MR) is 108 cm³/mol. The van der Waals surface area contributed by atoms with Crippen LogP contribution in [-0.4, -0.2) is 28.8 Å². The molecule has 0 spiro atoms. The van der Waals surface area contributed by atoms with E-state index in [0.717, 1.165) is 62.6 Å². The second-order valence-electron chi connectivity index (χ2n) is 8.21. The summed E-state index contributed by atoms with van der Waals surface area (Å²) >= 11 is 0. The zero-order valence-corrected chi connectivity index (χ0v) is 16.5. The minimum atomic E-state index is -0.0868. The highest BCUT2D eigenvalue weighted by atomic mass is 16.2. The van der Waals surface area contributed by atoms with Gasteiger partial charge in [-0.15, -0.1) is 0 Å². The van der Waals surface area contributed by atoms with Crippen LogP contribution in [0.15, 0.2) is 24.3 Å². The van der Waals surface area contributed by atoms with Gasteiger partial charge in [-0.25, -0.2) is 0 Å². The number of nitrogens with one attached hydrogen (secondary N) is 1. The van der Waals surface area contributed by atoms with E-state index in [-0.39, 0.29) is 23.9 Å². The van der Waals surface area contributed by atoms with Crippen molar-refractivity contribution in [2.45, 2.75) is 83.3 Å². The summed E-state index contributed by atoms with van der Waals surface area (Å²) in [7, 11) is 0. The van der Waals surface area contributed by atoms with Crippen LogP contribution in [0.3, 0.4) is 0 Å². The van der Waals surface area contributed by atoms with E-state index in [0.29, 0.717) is 12.5 Å². The zero-order chi connectivity index (χ0) is 19.2. The predicted octanol–water partition coefficient (Wildman–Crippen LogP) is 3.82. The van der Waals surface area contributed by atoms with Crippen molar-refractivity contribution in [2.24, 2.45) is 11.7 Å². The number of nitrogens with two attached hydrogens (primary N) is 1. The lowest BCUT2D eigenvalue weighted by molar-refractivity contribution is -0.140. The van der Waals surface area contributed by atoms with Gasteiger partial charge in [0.1, 0.15) is 0 Å². The third kappa shape index (κ3) is 5.32. The van der Waals surface area contributed by atoms with E-state index in [4.69, 9.17) is 5.73 Å². The van der Waals surface area contributed by atoms with Crippen LogP contribution in [0.5, 0.6) is 0 Å². The van der Waals surface area contributed by atoms with Crippen molar-refractivity contribution in [3.63, 3.8) is 0 Å². The van der Waals surface area contributed by atoms with Gasteiger partial charge in [-0.05, 0) is 50.2 Å². The van der Waals surface area contributed by atoms with Crippen LogP contribution in [0.4, 0.5) is 5.69 Å². The third-order valence-electron chi connectivity index (χ3n) is 6.09. The first kappa shape index (κ1) is 19.9. The Bertz CT molecular complexity index is 647. The Kier molecular flexibility index (Phi) is 6.89. The molecule has 0 atom stereocenters. The first-order chi connectivity index (χ1) is 13.0. The maximum atomic E-state index is 13.4. The largest absolute Gasteiger partial charge is 0.335 e. The highest BCUT2D eigenvalue weighted by Gasteiger charge is 2.32. The zero-order valence-electron chi connectivity index (χ0n) is 16.5. The average Bonchev–Trinajstić information content (AvgIpc) is 2.68. The molecule has 1 aromatic rings. The molecule has 2 amide bonds. The van der Waals surface area contributed by atoms with Gasteiger partial charge in [0.15, 0.2) is 0 Å². The Balaban J connectivity index is 1.81. The molecule has 5 heteroatoms. The Labute approximate surface area is 162 Å². The SMILES string of the molecule is CC(=O)Nc1ccccc1CN(C(=O)C1CCCCC1)C1CCC(N)CC1. The van der Waals surface area contributed by atoms with Crippen LogP contribution < -0.4 is 11.1 Å². The maximum Gasteiger partial charge on any atom is 0.226 e. The molecule has 0 aliphatic heterocycles. The van der Waals surface area contributed by atoms with E-state index in [1.807, 2.05) is 24.3 Å². The van der Waals surface area contributed by atoms with Crippen molar-refractivity contribution in [3.8, 4) is 0 Å². The van der Waals surface area contributed by atoms with Crippen LogP contribution in [0.1, 0.15) is 70.3 Å². The number of amides is 2. The Hall–Kier alpha value is -1.88. The van der Waals surface area contributed by atoms with Crippen molar-refractivity contribution in [1.29, 1.82) is 0 Å². The van der Waals surface area contributed by atoms with E-state index >= 15 is 0 Å². The lowest BCUT2D eigenvalue weighted by atomic mass is 9.85. The van der Waals surface area contributed by atoms with Crippen LogP contribution in [0.25, 0.3) is 0 Å². The molecule has 0 radical (unpaired) electrons. The summed E-state index contributed by atoms with van der Waals surface area (Å²) in [6, 6.07) is 8.34. The van der Waals surface area contributed by atoms with Gasteiger partial charge < -0.3 is 16.0 Å². The molecule has 0 bridgehead atoms. The van der Waals surface area contributed by atoms with Crippen molar-refractivity contribution in [1.82, 2.24) is 4.90 Å². The molecule has 2 aliphatic rings. The summed E-state index contributed by atoms with van der Waals surface area (Å²) in [5, 5.41) is 2.91. The lowest BCUT2D eigenvalue weighted by Gasteiger charge is -2.39. The average molecular weight is 372 g/mol.